The molecule has 2 aromatic carbocycles. The van der Waals surface area contributed by atoms with Crippen molar-refractivity contribution >= 4 is 46.7 Å². The van der Waals surface area contributed by atoms with E-state index in [4.69, 9.17) is 16.6 Å². The predicted molar refractivity (Wildman–Crippen MR) is 143 cm³/mol. The largest absolute Gasteiger partial charge is 0.507 e. The Kier molecular flexibility index (Phi) is 7.55. The van der Waals surface area contributed by atoms with Crippen LogP contribution in [-0.2, 0) is 0 Å². The van der Waals surface area contributed by atoms with Gasteiger partial charge in [-0.05, 0) is 68.9 Å². The highest BCUT2D eigenvalue weighted by atomic mass is 35.5. The van der Waals surface area contributed by atoms with E-state index in [2.05, 4.69) is 30.4 Å². The number of amides is 1. The molecule has 0 spiro atoms. The van der Waals surface area contributed by atoms with Crippen molar-refractivity contribution in [2.45, 2.75) is 38.5 Å². The van der Waals surface area contributed by atoms with Gasteiger partial charge >= 0.3 is 0 Å². The number of rotatable bonds is 6. The fourth-order valence-corrected chi connectivity index (χ4v) is 4.76. The van der Waals surface area contributed by atoms with Crippen molar-refractivity contribution in [1.29, 1.82) is 0 Å². The number of phenols is 1. The normalized spacial score (nSPS) is 15.9. The van der Waals surface area contributed by atoms with Crippen molar-refractivity contribution in [3.63, 3.8) is 0 Å². The molecule has 3 heterocycles. The van der Waals surface area contributed by atoms with Gasteiger partial charge < -0.3 is 25.5 Å². The maximum atomic E-state index is 13.4. The smallest absolute Gasteiger partial charge is 0.259 e. The number of anilines is 5. The van der Waals surface area contributed by atoms with E-state index < -0.39 is 11.7 Å². The molecule has 3 aromatic rings. The summed E-state index contributed by atoms with van der Waals surface area (Å²) >= 11 is 5.79. The summed E-state index contributed by atoms with van der Waals surface area (Å²) in [6, 6.07) is 8.47. The molecular formula is C26H29ClFN7O2. The maximum Gasteiger partial charge on any atom is 0.259 e. The van der Waals surface area contributed by atoms with Crippen LogP contribution in [0.5, 0.6) is 5.75 Å². The minimum Gasteiger partial charge on any atom is -0.507 e. The first kappa shape index (κ1) is 25.0. The van der Waals surface area contributed by atoms with Crippen LogP contribution in [0, 0.1) is 5.82 Å². The summed E-state index contributed by atoms with van der Waals surface area (Å²) in [5.41, 5.74) is 0.905. The van der Waals surface area contributed by atoms with Crippen LogP contribution >= 0.6 is 11.6 Å². The number of piperidine rings is 2. The van der Waals surface area contributed by atoms with Gasteiger partial charge in [-0.1, -0.05) is 11.6 Å². The standard InChI is InChI=1S/C26H29ClFN7O2/c27-20-15-17(8-10-21(20)28)29-23(37)19-9-7-18(16-22(19)36)30-24-31-25(34-11-3-1-4-12-34)33-26(32-24)35-13-5-2-6-14-35/h7-10,15-16,36H,1-6,11-14H2,(H,29,37)(H,30,31,32,33). The number of aromatic hydroxyl groups is 1. The molecule has 2 fully saturated rings. The molecule has 2 aliphatic heterocycles. The Morgan fingerprint density at radius 2 is 1.43 bits per heavy atom. The van der Waals surface area contributed by atoms with Gasteiger partial charge in [-0.3, -0.25) is 4.79 Å². The lowest BCUT2D eigenvalue weighted by atomic mass is 10.1. The Morgan fingerprint density at radius 3 is 2.00 bits per heavy atom. The Balaban J connectivity index is 1.36. The van der Waals surface area contributed by atoms with Crippen LogP contribution in [0.15, 0.2) is 36.4 Å². The van der Waals surface area contributed by atoms with E-state index in [9.17, 15) is 14.3 Å². The molecular weight excluding hydrogens is 497 g/mol. The molecule has 5 rings (SSSR count). The van der Waals surface area contributed by atoms with Crippen LogP contribution in [-0.4, -0.2) is 52.1 Å². The van der Waals surface area contributed by atoms with Gasteiger partial charge in [0.1, 0.15) is 11.6 Å². The van der Waals surface area contributed by atoms with Crippen molar-refractivity contribution < 1.29 is 14.3 Å². The molecule has 0 atom stereocenters. The maximum absolute atomic E-state index is 13.4. The number of halogens is 2. The molecule has 11 heteroatoms. The van der Waals surface area contributed by atoms with E-state index in [0.29, 0.717) is 29.2 Å². The number of carbonyl (C=O) groups excluding carboxylic acids is 1. The molecule has 1 aromatic heterocycles. The van der Waals surface area contributed by atoms with Gasteiger partial charge in [-0.25, -0.2) is 4.39 Å². The number of carbonyl (C=O) groups is 1. The highest BCUT2D eigenvalue weighted by Crippen LogP contribution is 2.28. The highest BCUT2D eigenvalue weighted by Gasteiger charge is 2.21. The number of nitrogens with zero attached hydrogens (tertiary/aromatic N) is 5. The zero-order valence-corrected chi connectivity index (χ0v) is 21.1. The van der Waals surface area contributed by atoms with Gasteiger partial charge in [0.25, 0.3) is 5.91 Å². The minimum atomic E-state index is -0.580. The fraction of sp³-hybridized carbons (Fsp3) is 0.385. The molecule has 1 amide bonds. The summed E-state index contributed by atoms with van der Waals surface area (Å²) in [6.07, 6.45) is 6.84. The van der Waals surface area contributed by atoms with E-state index in [1.54, 1.807) is 6.07 Å². The third-order valence-corrected chi connectivity index (χ3v) is 6.86. The van der Waals surface area contributed by atoms with E-state index >= 15 is 0 Å². The molecule has 0 radical (unpaired) electrons. The van der Waals surface area contributed by atoms with Gasteiger partial charge in [0.2, 0.25) is 17.8 Å². The van der Waals surface area contributed by atoms with Gasteiger partial charge in [0.05, 0.1) is 10.6 Å². The molecule has 0 bridgehead atoms. The van der Waals surface area contributed by atoms with Crippen molar-refractivity contribution in [2.75, 3.05) is 46.6 Å². The summed E-state index contributed by atoms with van der Waals surface area (Å²) in [4.78, 5) is 31.2. The summed E-state index contributed by atoms with van der Waals surface area (Å²) < 4.78 is 13.4. The zero-order chi connectivity index (χ0) is 25.8. The predicted octanol–water partition coefficient (Wildman–Crippen LogP) is 5.35. The third kappa shape index (κ3) is 6.02. The van der Waals surface area contributed by atoms with Crippen LogP contribution < -0.4 is 20.4 Å². The highest BCUT2D eigenvalue weighted by molar-refractivity contribution is 6.31. The third-order valence-electron chi connectivity index (χ3n) is 6.57. The Bertz CT molecular complexity index is 1240. The second-order valence-electron chi connectivity index (χ2n) is 9.29. The van der Waals surface area contributed by atoms with Gasteiger partial charge in [0, 0.05) is 43.6 Å². The van der Waals surface area contributed by atoms with Crippen LogP contribution in [0.3, 0.4) is 0 Å². The number of nitrogens with one attached hydrogen (secondary N) is 2. The molecule has 0 saturated carbocycles. The summed E-state index contributed by atoms with van der Waals surface area (Å²) in [6.45, 7) is 3.64. The second-order valence-corrected chi connectivity index (χ2v) is 9.70. The monoisotopic (exact) mass is 525 g/mol. The van der Waals surface area contributed by atoms with Crippen LogP contribution in [0.1, 0.15) is 48.9 Å². The summed E-state index contributed by atoms with van der Waals surface area (Å²) in [5, 5.41) is 16.2. The Labute approximate surface area is 219 Å². The first-order valence-electron chi connectivity index (χ1n) is 12.6. The van der Waals surface area contributed by atoms with E-state index in [1.807, 2.05) is 0 Å². The SMILES string of the molecule is O=C(Nc1ccc(F)c(Cl)c1)c1ccc(Nc2nc(N3CCCCC3)nc(N3CCCCC3)n2)cc1O. The number of hydrogen-bond donors (Lipinski definition) is 3. The molecule has 37 heavy (non-hydrogen) atoms. The van der Waals surface area contributed by atoms with Crippen LogP contribution in [0.2, 0.25) is 5.02 Å². The summed E-state index contributed by atoms with van der Waals surface area (Å²) in [5.74, 6) is 0.327. The first-order chi connectivity index (χ1) is 18.0. The zero-order valence-electron chi connectivity index (χ0n) is 20.4. The van der Waals surface area contributed by atoms with Gasteiger partial charge in [-0.15, -0.1) is 0 Å². The molecule has 3 N–H and O–H groups in total. The molecule has 0 aliphatic carbocycles. The fourth-order valence-electron chi connectivity index (χ4n) is 4.58. The van der Waals surface area contributed by atoms with Crippen LogP contribution in [0.25, 0.3) is 0 Å². The molecule has 2 saturated heterocycles. The Morgan fingerprint density at radius 1 is 0.838 bits per heavy atom. The number of phenolic OH excluding ortho intramolecular Hbond substituents is 1. The lowest BCUT2D eigenvalue weighted by Crippen LogP contribution is -2.34. The van der Waals surface area contributed by atoms with E-state index in [-0.39, 0.29) is 16.3 Å². The molecule has 9 nitrogen and oxygen atoms in total. The van der Waals surface area contributed by atoms with Gasteiger partial charge in [-0.2, -0.15) is 15.0 Å². The topological polar surface area (TPSA) is 107 Å². The van der Waals surface area contributed by atoms with E-state index in [0.717, 1.165) is 57.9 Å². The minimum absolute atomic E-state index is 0.0599. The molecule has 0 unspecified atom stereocenters. The molecule has 2 aliphatic rings. The van der Waals surface area contributed by atoms with Crippen molar-refractivity contribution in [3.8, 4) is 5.75 Å². The number of hydrogen-bond acceptors (Lipinski definition) is 8. The van der Waals surface area contributed by atoms with Crippen molar-refractivity contribution in [1.82, 2.24) is 15.0 Å². The quantitative estimate of drug-likeness (QED) is 0.395. The van der Waals surface area contributed by atoms with Crippen LogP contribution in [0.4, 0.5) is 33.6 Å². The van der Waals surface area contributed by atoms with E-state index in [1.165, 1.54) is 37.1 Å². The average Bonchev–Trinajstić information content (AvgIpc) is 2.91. The lowest BCUT2D eigenvalue weighted by Gasteiger charge is -2.30. The first-order valence-corrected chi connectivity index (χ1v) is 13.0. The summed E-state index contributed by atoms with van der Waals surface area (Å²) in [7, 11) is 0. The number of benzene rings is 2. The van der Waals surface area contributed by atoms with Gasteiger partial charge in [0.15, 0.2) is 0 Å². The van der Waals surface area contributed by atoms with Crippen molar-refractivity contribution in [2.24, 2.45) is 0 Å². The van der Waals surface area contributed by atoms with Crippen molar-refractivity contribution in [3.05, 3.63) is 52.8 Å². The molecule has 194 valence electrons. The second kappa shape index (κ2) is 11.2. The Hall–Kier alpha value is -3.66. The number of aromatic nitrogens is 3. The lowest BCUT2D eigenvalue weighted by molar-refractivity contribution is 0.102. The average molecular weight is 526 g/mol.